The van der Waals surface area contributed by atoms with Crippen LogP contribution in [-0.2, 0) is 6.54 Å². The normalized spacial score (nSPS) is 21.3. The van der Waals surface area contributed by atoms with Gasteiger partial charge in [-0.2, -0.15) is 18.2 Å². The number of alkyl halides is 3. The summed E-state index contributed by atoms with van der Waals surface area (Å²) in [7, 11) is 0. The van der Waals surface area contributed by atoms with Gasteiger partial charge in [-0.3, -0.25) is 0 Å². The van der Waals surface area contributed by atoms with E-state index >= 15 is 0 Å². The lowest BCUT2D eigenvalue weighted by atomic mass is 9.78. The summed E-state index contributed by atoms with van der Waals surface area (Å²) in [5.41, 5.74) is 7.21. The molecular weight excluding hydrogens is 343 g/mol. The number of hydrogen-bond donors (Lipinski definition) is 1. The second-order valence-corrected chi connectivity index (χ2v) is 5.90. The Morgan fingerprint density at radius 2 is 1.79 bits per heavy atom. The van der Waals surface area contributed by atoms with Crippen LogP contribution in [0.25, 0.3) is 11.4 Å². The minimum absolute atomic E-state index is 0. The van der Waals surface area contributed by atoms with Crippen LogP contribution >= 0.6 is 12.4 Å². The molecule has 1 heterocycles. The second kappa shape index (κ2) is 7.53. The predicted molar refractivity (Wildman–Crippen MR) is 85.6 cm³/mol. The summed E-state index contributed by atoms with van der Waals surface area (Å²) in [4.78, 5) is 4.21. The van der Waals surface area contributed by atoms with Crippen LogP contribution in [0.4, 0.5) is 13.2 Å². The molecule has 0 spiro atoms. The van der Waals surface area contributed by atoms with E-state index in [1.807, 2.05) is 12.1 Å². The summed E-state index contributed by atoms with van der Waals surface area (Å²) in [6, 6.07) is 7.26. The highest BCUT2D eigenvalue weighted by Crippen LogP contribution is 2.46. The smallest absolute Gasteiger partial charge is 0.339 e. The van der Waals surface area contributed by atoms with Crippen molar-refractivity contribution in [2.45, 2.75) is 44.3 Å². The molecule has 4 nitrogen and oxygen atoms in total. The maximum atomic E-state index is 13.2. The average Bonchev–Trinajstić information content (AvgIpc) is 3.04. The summed E-state index contributed by atoms with van der Waals surface area (Å²) < 4.78 is 44.7. The van der Waals surface area contributed by atoms with Crippen LogP contribution in [0.2, 0.25) is 0 Å². The Balaban J connectivity index is 0.00000208. The van der Waals surface area contributed by atoms with Gasteiger partial charge in [0.2, 0.25) is 11.7 Å². The molecule has 8 heteroatoms. The van der Waals surface area contributed by atoms with Crippen molar-refractivity contribution in [3.8, 4) is 11.4 Å². The summed E-state index contributed by atoms with van der Waals surface area (Å²) in [5, 5.41) is 3.85. The Bertz CT molecular complexity index is 657. The van der Waals surface area contributed by atoms with Crippen molar-refractivity contribution in [1.82, 2.24) is 10.1 Å². The quantitative estimate of drug-likeness (QED) is 0.877. The van der Waals surface area contributed by atoms with Crippen LogP contribution < -0.4 is 5.73 Å². The third-order valence-corrected chi connectivity index (χ3v) is 4.39. The van der Waals surface area contributed by atoms with Gasteiger partial charge in [0.15, 0.2) is 0 Å². The number of nitrogens with two attached hydrogens (primary N) is 1. The molecule has 2 atom stereocenters. The van der Waals surface area contributed by atoms with Crippen LogP contribution in [-0.4, -0.2) is 16.3 Å². The highest BCUT2D eigenvalue weighted by atomic mass is 35.5. The number of nitrogens with zero attached hydrogens (tertiary/aromatic N) is 2. The number of rotatable bonds is 3. The molecule has 0 amide bonds. The highest BCUT2D eigenvalue weighted by Gasteiger charge is 2.47. The SMILES string of the molecule is Cl.NCc1ccc(-c2noc(C3CCCCC3C(F)(F)F)n2)cc1. The van der Waals surface area contributed by atoms with Gasteiger partial charge in [0.25, 0.3) is 0 Å². The molecule has 0 bridgehead atoms. The molecule has 1 saturated carbocycles. The molecule has 3 rings (SSSR count). The fourth-order valence-electron chi connectivity index (χ4n) is 3.11. The van der Waals surface area contributed by atoms with Gasteiger partial charge in [-0.15, -0.1) is 12.4 Å². The van der Waals surface area contributed by atoms with Gasteiger partial charge in [0, 0.05) is 18.0 Å². The van der Waals surface area contributed by atoms with E-state index in [1.54, 1.807) is 12.1 Å². The van der Waals surface area contributed by atoms with E-state index in [9.17, 15) is 13.2 Å². The van der Waals surface area contributed by atoms with Crippen molar-refractivity contribution in [3.05, 3.63) is 35.7 Å². The van der Waals surface area contributed by atoms with Crippen LogP contribution in [0.3, 0.4) is 0 Å². The lowest BCUT2D eigenvalue weighted by molar-refractivity contribution is -0.189. The lowest BCUT2D eigenvalue weighted by Crippen LogP contribution is -2.31. The third-order valence-electron chi connectivity index (χ3n) is 4.39. The third kappa shape index (κ3) is 3.89. The van der Waals surface area contributed by atoms with Crippen LogP contribution in [0.1, 0.15) is 43.1 Å². The average molecular weight is 362 g/mol. The molecular formula is C16H19ClF3N3O. The first-order chi connectivity index (χ1) is 11.0. The van der Waals surface area contributed by atoms with Crippen LogP contribution in [0.15, 0.2) is 28.8 Å². The van der Waals surface area contributed by atoms with Gasteiger partial charge in [0.05, 0.1) is 5.92 Å². The van der Waals surface area contributed by atoms with Crippen molar-refractivity contribution in [1.29, 1.82) is 0 Å². The number of halogens is 4. The van der Waals surface area contributed by atoms with E-state index < -0.39 is 18.0 Å². The molecule has 0 saturated heterocycles. The van der Waals surface area contributed by atoms with Gasteiger partial charge in [-0.1, -0.05) is 42.3 Å². The summed E-state index contributed by atoms with van der Waals surface area (Å²) in [5.74, 6) is -1.74. The second-order valence-electron chi connectivity index (χ2n) is 5.90. The standard InChI is InChI=1S/C16H18F3N3O.ClH/c17-16(18,19)13-4-2-1-3-12(13)15-21-14(22-23-15)11-7-5-10(9-20)6-8-11;/h5-8,12-13H,1-4,9,20H2;1H. The Kier molecular flexibility index (Phi) is 5.87. The Morgan fingerprint density at radius 1 is 1.12 bits per heavy atom. The van der Waals surface area contributed by atoms with Crippen molar-refractivity contribution in [2.24, 2.45) is 11.7 Å². The molecule has 0 radical (unpaired) electrons. The van der Waals surface area contributed by atoms with Crippen molar-refractivity contribution in [2.75, 3.05) is 0 Å². The largest absolute Gasteiger partial charge is 0.392 e. The Hall–Kier alpha value is -1.60. The molecule has 1 fully saturated rings. The molecule has 2 unspecified atom stereocenters. The highest BCUT2D eigenvalue weighted by molar-refractivity contribution is 5.85. The molecule has 2 aromatic rings. The predicted octanol–water partition coefficient (Wildman–Crippen LogP) is 4.45. The van der Waals surface area contributed by atoms with E-state index in [-0.39, 0.29) is 24.7 Å². The molecule has 1 aromatic heterocycles. The van der Waals surface area contributed by atoms with Crippen molar-refractivity contribution < 1.29 is 17.7 Å². The van der Waals surface area contributed by atoms with E-state index in [0.29, 0.717) is 30.8 Å². The van der Waals surface area contributed by atoms with Crippen molar-refractivity contribution in [3.63, 3.8) is 0 Å². The van der Waals surface area contributed by atoms with E-state index in [0.717, 1.165) is 12.0 Å². The van der Waals surface area contributed by atoms with Crippen LogP contribution in [0, 0.1) is 5.92 Å². The topological polar surface area (TPSA) is 64.9 Å². The summed E-state index contributed by atoms with van der Waals surface area (Å²) in [6.07, 6.45) is -2.35. The van der Waals surface area contributed by atoms with Gasteiger partial charge in [0.1, 0.15) is 0 Å². The number of hydrogen-bond acceptors (Lipinski definition) is 4. The van der Waals surface area contributed by atoms with E-state index in [1.165, 1.54) is 0 Å². The molecule has 1 aromatic carbocycles. The zero-order chi connectivity index (χ0) is 16.4. The zero-order valence-corrected chi connectivity index (χ0v) is 13.7. The fourth-order valence-corrected chi connectivity index (χ4v) is 3.11. The van der Waals surface area contributed by atoms with E-state index in [4.69, 9.17) is 10.3 Å². The monoisotopic (exact) mass is 361 g/mol. The number of aromatic nitrogens is 2. The van der Waals surface area contributed by atoms with Gasteiger partial charge in [-0.05, 0) is 18.4 Å². The molecule has 2 N–H and O–H groups in total. The van der Waals surface area contributed by atoms with Gasteiger partial charge >= 0.3 is 6.18 Å². The van der Waals surface area contributed by atoms with Crippen molar-refractivity contribution >= 4 is 12.4 Å². The minimum atomic E-state index is -4.23. The first-order valence-corrected chi connectivity index (χ1v) is 7.68. The summed E-state index contributed by atoms with van der Waals surface area (Å²) >= 11 is 0. The molecule has 0 aliphatic heterocycles. The molecule has 1 aliphatic carbocycles. The number of benzene rings is 1. The maximum Gasteiger partial charge on any atom is 0.392 e. The lowest BCUT2D eigenvalue weighted by Gasteiger charge is -2.30. The maximum absolute atomic E-state index is 13.2. The Labute approximate surface area is 144 Å². The molecule has 1 aliphatic rings. The minimum Gasteiger partial charge on any atom is -0.339 e. The fraction of sp³-hybridized carbons (Fsp3) is 0.500. The first-order valence-electron chi connectivity index (χ1n) is 7.68. The van der Waals surface area contributed by atoms with Gasteiger partial charge < -0.3 is 10.3 Å². The van der Waals surface area contributed by atoms with Gasteiger partial charge in [-0.25, -0.2) is 0 Å². The Morgan fingerprint density at radius 3 is 2.42 bits per heavy atom. The van der Waals surface area contributed by atoms with E-state index in [2.05, 4.69) is 10.1 Å². The summed E-state index contributed by atoms with van der Waals surface area (Å²) in [6.45, 7) is 0.424. The van der Waals surface area contributed by atoms with Crippen LogP contribution in [0.5, 0.6) is 0 Å². The first kappa shape index (κ1) is 18.7. The zero-order valence-electron chi connectivity index (χ0n) is 12.9. The molecule has 132 valence electrons. The molecule has 24 heavy (non-hydrogen) atoms.